The smallest absolute Gasteiger partial charge is 0.0777 e. The van der Waals surface area contributed by atoms with Gasteiger partial charge in [-0.3, -0.25) is 9.97 Å². The summed E-state index contributed by atoms with van der Waals surface area (Å²) < 4.78 is 5.40. The average Bonchev–Trinajstić information content (AvgIpc) is 2.15. The molecule has 0 aromatic carbocycles. The van der Waals surface area contributed by atoms with E-state index in [0.717, 1.165) is 11.4 Å². The monoisotopic (exact) mass is 195 g/mol. The van der Waals surface area contributed by atoms with Crippen molar-refractivity contribution in [2.75, 3.05) is 6.61 Å². The Bertz CT molecular complexity index is 271. The van der Waals surface area contributed by atoms with Gasteiger partial charge in [0.15, 0.2) is 0 Å². The Morgan fingerprint density at radius 1 is 1.36 bits per heavy atom. The van der Waals surface area contributed by atoms with Crippen molar-refractivity contribution in [2.24, 2.45) is 5.73 Å². The fraction of sp³-hybridized carbons (Fsp3) is 0.600. The van der Waals surface area contributed by atoms with Crippen LogP contribution in [0.3, 0.4) is 0 Å². The molecule has 1 heterocycles. The van der Waals surface area contributed by atoms with Gasteiger partial charge < -0.3 is 10.5 Å². The Hall–Kier alpha value is -1.00. The van der Waals surface area contributed by atoms with Gasteiger partial charge in [0.25, 0.3) is 0 Å². The first-order valence-electron chi connectivity index (χ1n) is 4.75. The molecule has 1 unspecified atom stereocenters. The maximum absolute atomic E-state index is 5.87. The predicted octanol–water partition coefficient (Wildman–Crippen LogP) is 1.21. The standard InChI is InChI=1S/C10H17N3O/c1-7(2)14-6-9(11)10-5-12-8(3)4-13-10/h4-5,7,9H,6,11H2,1-3H3. The summed E-state index contributed by atoms with van der Waals surface area (Å²) >= 11 is 0. The number of aryl methyl sites for hydroxylation is 1. The Balaban J connectivity index is 2.52. The normalized spacial score (nSPS) is 13.2. The zero-order chi connectivity index (χ0) is 10.6. The van der Waals surface area contributed by atoms with Crippen molar-refractivity contribution in [2.45, 2.75) is 32.9 Å². The molecule has 0 aliphatic carbocycles. The highest BCUT2D eigenvalue weighted by Crippen LogP contribution is 2.06. The molecule has 14 heavy (non-hydrogen) atoms. The van der Waals surface area contributed by atoms with Gasteiger partial charge in [0.2, 0.25) is 0 Å². The van der Waals surface area contributed by atoms with E-state index in [1.807, 2.05) is 20.8 Å². The quantitative estimate of drug-likeness (QED) is 0.784. The van der Waals surface area contributed by atoms with Gasteiger partial charge >= 0.3 is 0 Å². The molecule has 0 fully saturated rings. The van der Waals surface area contributed by atoms with E-state index in [9.17, 15) is 0 Å². The van der Waals surface area contributed by atoms with Gasteiger partial charge in [0.1, 0.15) is 0 Å². The lowest BCUT2D eigenvalue weighted by atomic mass is 10.2. The number of hydrogen-bond acceptors (Lipinski definition) is 4. The number of rotatable bonds is 4. The summed E-state index contributed by atoms with van der Waals surface area (Å²) in [4.78, 5) is 8.32. The summed E-state index contributed by atoms with van der Waals surface area (Å²) in [6.07, 6.45) is 3.60. The lowest BCUT2D eigenvalue weighted by Crippen LogP contribution is -2.20. The molecule has 4 nitrogen and oxygen atoms in total. The molecule has 1 aromatic heterocycles. The van der Waals surface area contributed by atoms with Crippen molar-refractivity contribution in [3.63, 3.8) is 0 Å². The molecule has 0 saturated carbocycles. The number of aromatic nitrogens is 2. The molecule has 0 aliphatic heterocycles. The first kappa shape index (κ1) is 11.1. The molecule has 1 aromatic rings. The zero-order valence-corrected chi connectivity index (χ0v) is 8.90. The molecule has 0 saturated heterocycles. The summed E-state index contributed by atoms with van der Waals surface area (Å²) in [7, 11) is 0. The molecule has 1 rings (SSSR count). The van der Waals surface area contributed by atoms with E-state index in [4.69, 9.17) is 10.5 Å². The fourth-order valence-electron chi connectivity index (χ4n) is 0.976. The Kier molecular flexibility index (Phi) is 3.98. The number of ether oxygens (including phenoxy) is 1. The van der Waals surface area contributed by atoms with Crippen LogP contribution in [0, 0.1) is 6.92 Å². The molecule has 2 N–H and O–H groups in total. The number of nitrogens with zero attached hydrogens (tertiary/aromatic N) is 2. The molecule has 4 heteroatoms. The van der Waals surface area contributed by atoms with Crippen LogP contribution in [-0.4, -0.2) is 22.7 Å². The van der Waals surface area contributed by atoms with Crippen LogP contribution in [0.4, 0.5) is 0 Å². The minimum atomic E-state index is -0.189. The Labute approximate surface area is 84.5 Å². The summed E-state index contributed by atoms with van der Waals surface area (Å²) in [5.41, 5.74) is 7.53. The topological polar surface area (TPSA) is 61.0 Å². The van der Waals surface area contributed by atoms with Crippen LogP contribution in [0.1, 0.15) is 31.3 Å². The maximum Gasteiger partial charge on any atom is 0.0777 e. The van der Waals surface area contributed by atoms with Crippen LogP contribution in [0.5, 0.6) is 0 Å². The average molecular weight is 195 g/mol. The minimum absolute atomic E-state index is 0.189. The summed E-state index contributed by atoms with van der Waals surface area (Å²) in [5.74, 6) is 0. The molecule has 0 amide bonds. The Morgan fingerprint density at radius 2 is 2.07 bits per heavy atom. The lowest BCUT2D eigenvalue weighted by Gasteiger charge is -2.13. The highest BCUT2D eigenvalue weighted by molar-refractivity contribution is 5.04. The molecular weight excluding hydrogens is 178 g/mol. The third kappa shape index (κ3) is 3.40. The minimum Gasteiger partial charge on any atom is -0.377 e. The van der Waals surface area contributed by atoms with Crippen molar-refractivity contribution >= 4 is 0 Å². The first-order chi connectivity index (χ1) is 6.59. The van der Waals surface area contributed by atoms with Crippen LogP contribution in [-0.2, 0) is 4.74 Å². The van der Waals surface area contributed by atoms with Gasteiger partial charge in [-0.2, -0.15) is 0 Å². The second kappa shape index (κ2) is 5.02. The van der Waals surface area contributed by atoms with Gasteiger partial charge in [0.05, 0.1) is 36.3 Å². The van der Waals surface area contributed by atoms with E-state index in [2.05, 4.69) is 9.97 Å². The van der Waals surface area contributed by atoms with Crippen molar-refractivity contribution in [1.29, 1.82) is 0 Å². The van der Waals surface area contributed by atoms with Crippen LogP contribution in [0.2, 0.25) is 0 Å². The second-order valence-electron chi connectivity index (χ2n) is 3.57. The molecular formula is C10H17N3O. The predicted molar refractivity (Wildman–Crippen MR) is 54.8 cm³/mol. The second-order valence-corrected chi connectivity index (χ2v) is 3.57. The fourth-order valence-corrected chi connectivity index (χ4v) is 0.976. The van der Waals surface area contributed by atoms with Crippen LogP contribution in [0.15, 0.2) is 12.4 Å². The summed E-state index contributed by atoms with van der Waals surface area (Å²) in [5, 5.41) is 0. The van der Waals surface area contributed by atoms with E-state index in [1.54, 1.807) is 12.4 Å². The molecule has 0 bridgehead atoms. The van der Waals surface area contributed by atoms with Crippen LogP contribution >= 0.6 is 0 Å². The van der Waals surface area contributed by atoms with Crippen molar-refractivity contribution < 1.29 is 4.74 Å². The van der Waals surface area contributed by atoms with Gasteiger partial charge in [-0.05, 0) is 20.8 Å². The summed E-state index contributed by atoms with van der Waals surface area (Å²) in [6.45, 7) is 6.34. The van der Waals surface area contributed by atoms with E-state index in [0.29, 0.717) is 6.61 Å². The maximum atomic E-state index is 5.87. The van der Waals surface area contributed by atoms with Crippen molar-refractivity contribution in [1.82, 2.24) is 9.97 Å². The van der Waals surface area contributed by atoms with E-state index >= 15 is 0 Å². The molecule has 0 spiro atoms. The van der Waals surface area contributed by atoms with Gasteiger partial charge in [-0.25, -0.2) is 0 Å². The van der Waals surface area contributed by atoms with E-state index in [1.165, 1.54) is 0 Å². The van der Waals surface area contributed by atoms with Crippen molar-refractivity contribution in [3.8, 4) is 0 Å². The van der Waals surface area contributed by atoms with Gasteiger partial charge in [-0.15, -0.1) is 0 Å². The van der Waals surface area contributed by atoms with Crippen LogP contribution in [0.25, 0.3) is 0 Å². The first-order valence-corrected chi connectivity index (χ1v) is 4.75. The Morgan fingerprint density at radius 3 is 2.57 bits per heavy atom. The molecule has 1 atom stereocenters. The third-order valence-corrected chi connectivity index (χ3v) is 1.79. The lowest BCUT2D eigenvalue weighted by molar-refractivity contribution is 0.0675. The third-order valence-electron chi connectivity index (χ3n) is 1.79. The molecule has 78 valence electrons. The van der Waals surface area contributed by atoms with E-state index in [-0.39, 0.29) is 12.1 Å². The number of hydrogen-bond donors (Lipinski definition) is 1. The van der Waals surface area contributed by atoms with Crippen molar-refractivity contribution in [3.05, 3.63) is 23.8 Å². The molecule has 0 radical (unpaired) electrons. The number of nitrogens with two attached hydrogens (primary N) is 1. The molecule has 0 aliphatic rings. The SMILES string of the molecule is Cc1cnc(C(N)COC(C)C)cn1. The highest BCUT2D eigenvalue weighted by Gasteiger charge is 2.08. The van der Waals surface area contributed by atoms with Gasteiger partial charge in [-0.1, -0.05) is 0 Å². The summed E-state index contributed by atoms with van der Waals surface area (Å²) in [6, 6.07) is -0.189. The van der Waals surface area contributed by atoms with Crippen LogP contribution < -0.4 is 5.73 Å². The van der Waals surface area contributed by atoms with Gasteiger partial charge in [0, 0.05) is 6.20 Å². The zero-order valence-electron chi connectivity index (χ0n) is 8.90. The largest absolute Gasteiger partial charge is 0.377 e. The van der Waals surface area contributed by atoms with E-state index < -0.39 is 0 Å². The highest BCUT2D eigenvalue weighted by atomic mass is 16.5.